The highest BCUT2D eigenvalue weighted by atomic mass is 15.1. The second kappa shape index (κ2) is 10.9. The van der Waals surface area contributed by atoms with Crippen molar-refractivity contribution < 1.29 is 0 Å². The highest BCUT2D eigenvalue weighted by Crippen LogP contribution is 2.64. The lowest BCUT2D eigenvalue weighted by Gasteiger charge is -2.31. The van der Waals surface area contributed by atoms with Gasteiger partial charge in [-0.15, -0.1) is 0 Å². The summed E-state index contributed by atoms with van der Waals surface area (Å²) in [6.45, 7) is 4.72. The van der Waals surface area contributed by atoms with Crippen LogP contribution in [-0.4, -0.2) is 0 Å². The van der Waals surface area contributed by atoms with Gasteiger partial charge in [-0.25, -0.2) is 0 Å². The van der Waals surface area contributed by atoms with Gasteiger partial charge >= 0.3 is 0 Å². The fourth-order valence-electron chi connectivity index (χ4n) is 10.6. The molecule has 3 aliphatic carbocycles. The molecule has 0 fully saturated rings. The van der Waals surface area contributed by atoms with Gasteiger partial charge in [0.25, 0.3) is 0 Å². The van der Waals surface area contributed by atoms with Crippen molar-refractivity contribution in [3.63, 3.8) is 0 Å². The van der Waals surface area contributed by atoms with Gasteiger partial charge in [-0.1, -0.05) is 153 Å². The molecule has 55 heavy (non-hydrogen) atoms. The molecule has 0 aliphatic heterocycles. The molecule has 9 aromatic rings. The van der Waals surface area contributed by atoms with Crippen LogP contribution in [0.15, 0.2) is 188 Å². The zero-order chi connectivity index (χ0) is 36.5. The third-order valence-corrected chi connectivity index (χ3v) is 13.0. The Morgan fingerprint density at radius 3 is 1.67 bits per heavy atom. The van der Waals surface area contributed by atoms with Crippen molar-refractivity contribution in [3.05, 3.63) is 221 Å². The summed E-state index contributed by atoms with van der Waals surface area (Å²) in [6, 6.07) is 70.7. The van der Waals surface area contributed by atoms with E-state index < -0.39 is 5.41 Å². The Kier molecular flexibility index (Phi) is 6.11. The van der Waals surface area contributed by atoms with Crippen molar-refractivity contribution in [2.24, 2.45) is 0 Å². The summed E-state index contributed by atoms with van der Waals surface area (Å²) in [4.78, 5) is 2.43. The number of fused-ring (bicyclic) bond motifs is 16. The average Bonchev–Trinajstić information content (AvgIpc) is 3.79. The van der Waals surface area contributed by atoms with Gasteiger partial charge in [-0.05, 0) is 137 Å². The number of rotatable bonds is 3. The first kappa shape index (κ1) is 30.7. The van der Waals surface area contributed by atoms with E-state index in [-0.39, 0.29) is 5.41 Å². The molecule has 1 spiro atoms. The Balaban J connectivity index is 1.11. The molecule has 0 aromatic heterocycles. The van der Waals surface area contributed by atoms with Crippen molar-refractivity contribution in [1.82, 2.24) is 0 Å². The van der Waals surface area contributed by atoms with E-state index in [2.05, 4.69) is 207 Å². The Bertz CT molecular complexity index is 3030. The molecule has 12 rings (SSSR count). The number of anilines is 3. The minimum Gasteiger partial charge on any atom is -0.310 e. The summed E-state index contributed by atoms with van der Waals surface area (Å²) in [6.07, 6.45) is 0. The summed E-state index contributed by atoms with van der Waals surface area (Å²) < 4.78 is 0. The van der Waals surface area contributed by atoms with Crippen molar-refractivity contribution in [3.8, 4) is 33.4 Å². The molecule has 258 valence electrons. The Morgan fingerprint density at radius 2 is 0.909 bits per heavy atom. The van der Waals surface area contributed by atoms with Crippen LogP contribution < -0.4 is 4.90 Å². The fraction of sp³-hybridized carbons (Fsp3) is 0.0741. The molecule has 3 aliphatic rings. The van der Waals surface area contributed by atoms with Crippen LogP contribution >= 0.6 is 0 Å². The third kappa shape index (κ3) is 3.97. The maximum atomic E-state index is 2.52. The van der Waals surface area contributed by atoms with Crippen LogP contribution in [0, 0.1) is 0 Å². The summed E-state index contributed by atoms with van der Waals surface area (Å²) in [5.41, 5.74) is 19.2. The van der Waals surface area contributed by atoms with Crippen LogP contribution in [0.2, 0.25) is 0 Å². The molecule has 0 bridgehead atoms. The lowest BCUT2D eigenvalue weighted by atomic mass is 9.70. The molecular weight excluding hydrogens is 663 g/mol. The standard InChI is InChI=1S/C54H37N/c1-53(2)46-21-11-8-18-41(46)44-28-27-39(33-50(44)53)55(37-15-4-3-5-16-37)38-26-24-35-31-45-51(32-36(35)30-38)54(49-29-25-34-14-6-7-17-40(34)52(45)49)47-22-12-9-19-42(47)43-20-10-13-23-48(43)54/h3-33H,1-2H3. The van der Waals surface area contributed by atoms with Gasteiger partial charge in [0.05, 0.1) is 5.41 Å². The zero-order valence-corrected chi connectivity index (χ0v) is 30.8. The van der Waals surface area contributed by atoms with Crippen LogP contribution in [0.25, 0.3) is 54.9 Å². The van der Waals surface area contributed by atoms with Crippen LogP contribution in [0.3, 0.4) is 0 Å². The topological polar surface area (TPSA) is 3.24 Å². The number of para-hydroxylation sites is 1. The second-order valence-electron chi connectivity index (χ2n) is 16.1. The smallest absolute Gasteiger partial charge is 0.0725 e. The molecule has 1 heteroatoms. The minimum absolute atomic E-state index is 0.0877. The second-order valence-corrected chi connectivity index (χ2v) is 16.1. The van der Waals surface area contributed by atoms with E-state index in [1.54, 1.807) is 0 Å². The first-order valence-corrected chi connectivity index (χ1v) is 19.4. The third-order valence-electron chi connectivity index (χ3n) is 13.0. The largest absolute Gasteiger partial charge is 0.310 e. The zero-order valence-electron chi connectivity index (χ0n) is 30.8. The van der Waals surface area contributed by atoms with Crippen LogP contribution in [-0.2, 0) is 10.8 Å². The molecule has 0 amide bonds. The molecule has 0 unspecified atom stereocenters. The van der Waals surface area contributed by atoms with Crippen molar-refractivity contribution in [1.29, 1.82) is 0 Å². The summed E-state index contributed by atoms with van der Waals surface area (Å²) in [5.74, 6) is 0. The van der Waals surface area contributed by atoms with Gasteiger partial charge in [0, 0.05) is 22.5 Å². The van der Waals surface area contributed by atoms with Gasteiger partial charge in [0.1, 0.15) is 0 Å². The van der Waals surface area contributed by atoms with E-state index in [1.165, 1.54) is 94.0 Å². The summed E-state index contributed by atoms with van der Waals surface area (Å²) in [5, 5.41) is 5.08. The molecule has 0 heterocycles. The molecule has 0 saturated heterocycles. The molecule has 0 N–H and O–H groups in total. The first-order valence-electron chi connectivity index (χ1n) is 19.4. The van der Waals surface area contributed by atoms with E-state index in [0.29, 0.717) is 0 Å². The Labute approximate surface area is 321 Å². The predicted octanol–water partition coefficient (Wildman–Crippen LogP) is 14.1. The van der Waals surface area contributed by atoms with E-state index in [0.717, 1.165) is 11.4 Å². The summed E-state index contributed by atoms with van der Waals surface area (Å²) >= 11 is 0. The van der Waals surface area contributed by atoms with E-state index >= 15 is 0 Å². The maximum absolute atomic E-state index is 2.52. The molecule has 0 atom stereocenters. The van der Waals surface area contributed by atoms with E-state index in [4.69, 9.17) is 0 Å². The predicted molar refractivity (Wildman–Crippen MR) is 230 cm³/mol. The molecule has 1 nitrogen and oxygen atoms in total. The van der Waals surface area contributed by atoms with Gasteiger partial charge in [0.15, 0.2) is 0 Å². The maximum Gasteiger partial charge on any atom is 0.0725 e. The van der Waals surface area contributed by atoms with Crippen molar-refractivity contribution in [2.75, 3.05) is 4.90 Å². The van der Waals surface area contributed by atoms with Gasteiger partial charge in [-0.2, -0.15) is 0 Å². The van der Waals surface area contributed by atoms with Gasteiger partial charge in [0.2, 0.25) is 0 Å². The van der Waals surface area contributed by atoms with E-state index in [1.807, 2.05) is 0 Å². The fourth-order valence-corrected chi connectivity index (χ4v) is 10.6. The van der Waals surface area contributed by atoms with Gasteiger partial charge < -0.3 is 4.90 Å². The number of hydrogen-bond acceptors (Lipinski definition) is 1. The minimum atomic E-state index is -0.411. The Hall–Kier alpha value is -6.70. The van der Waals surface area contributed by atoms with E-state index in [9.17, 15) is 0 Å². The molecule has 9 aromatic carbocycles. The lowest BCUT2D eigenvalue weighted by molar-refractivity contribution is 0.660. The van der Waals surface area contributed by atoms with Crippen LogP contribution in [0.1, 0.15) is 47.2 Å². The normalized spacial score (nSPS) is 14.7. The number of hydrogen-bond donors (Lipinski definition) is 0. The highest BCUT2D eigenvalue weighted by molar-refractivity contribution is 6.09. The highest BCUT2D eigenvalue weighted by Gasteiger charge is 2.52. The molecule has 0 saturated carbocycles. The molecular formula is C54H37N. The first-order chi connectivity index (χ1) is 27.0. The summed E-state index contributed by atoms with van der Waals surface area (Å²) in [7, 11) is 0. The monoisotopic (exact) mass is 699 g/mol. The van der Waals surface area contributed by atoms with Crippen molar-refractivity contribution in [2.45, 2.75) is 24.7 Å². The van der Waals surface area contributed by atoms with Crippen LogP contribution in [0.4, 0.5) is 17.1 Å². The number of benzene rings is 9. The van der Waals surface area contributed by atoms with Crippen molar-refractivity contribution >= 4 is 38.6 Å². The quantitative estimate of drug-likeness (QED) is 0.177. The van der Waals surface area contributed by atoms with Gasteiger partial charge in [-0.3, -0.25) is 0 Å². The molecule has 0 radical (unpaired) electrons. The van der Waals surface area contributed by atoms with Crippen LogP contribution in [0.5, 0.6) is 0 Å². The lowest BCUT2D eigenvalue weighted by Crippen LogP contribution is -2.25. The number of nitrogens with zero attached hydrogens (tertiary/aromatic N) is 1. The average molecular weight is 700 g/mol. The Morgan fingerprint density at radius 1 is 0.327 bits per heavy atom. The SMILES string of the molecule is CC1(C)c2ccccc2-c2ccc(N(c3ccccc3)c3ccc4cc5c(cc4c3)C3(c4ccccc4-c4ccccc43)c3ccc4ccccc4c3-5)cc21.